The zero-order valence-corrected chi connectivity index (χ0v) is 13.8. The molecule has 0 amide bonds. The van der Waals surface area contributed by atoms with Crippen LogP contribution in [0, 0.1) is 0 Å². The quantitative estimate of drug-likeness (QED) is 0.817. The molecule has 136 valence electrons. The third kappa shape index (κ3) is 4.47. The summed E-state index contributed by atoms with van der Waals surface area (Å²) in [6.07, 6.45) is -0.0776. The lowest BCUT2D eigenvalue weighted by Gasteiger charge is -2.14. The van der Waals surface area contributed by atoms with E-state index in [2.05, 4.69) is 15.0 Å². The predicted octanol–water partition coefficient (Wildman–Crippen LogP) is 1.74. The van der Waals surface area contributed by atoms with Crippen molar-refractivity contribution in [3.8, 4) is 12.0 Å². The van der Waals surface area contributed by atoms with Gasteiger partial charge in [0, 0.05) is 6.42 Å². The van der Waals surface area contributed by atoms with Gasteiger partial charge in [-0.1, -0.05) is 18.2 Å². The van der Waals surface area contributed by atoms with Crippen molar-refractivity contribution >= 4 is 15.7 Å². The number of sulfonamides is 1. The summed E-state index contributed by atoms with van der Waals surface area (Å²) in [5.74, 6) is 0.127. The topological polar surface area (TPSA) is 103 Å². The third-order valence-electron chi connectivity index (χ3n) is 2.92. The fraction of sp³-hybridized carbons (Fsp3) is 0.308. The summed E-state index contributed by atoms with van der Waals surface area (Å²) in [6.45, 7) is 0. The Balaban J connectivity index is 2.36. The molecule has 8 nitrogen and oxygen atoms in total. The molecule has 2 rings (SSSR count). The van der Waals surface area contributed by atoms with E-state index in [0.717, 1.165) is 0 Å². The van der Waals surface area contributed by atoms with E-state index in [0.29, 0.717) is 0 Å². The molecule has 1 aromatic heterocycles. The molecule has 0 bridgehead atoms. The number of nitrogens with zero attached hydrogens (tertiary/aromatic N) is 3. The van der Waals surface area contributed by atoms with E-state index in [9.17, 15) is 21.6 Å². The van der Waals surface area contributed by atoms with Crippen molar-refractivity contribution < 1.29 is 31.1 Å². The summed E-state index contributed by atoms with van der Waals surface area (Å²) in [5.41, 5.74) is -5.44. The van der Waals surface area contributed by atoms with Gasteiger partial charge in [-0.05, 0) is 11.6 Å². The molecule has 0 saturated heterocycles. The second-order valence-electron chi connectivity index (χ2n) is 4.61. The number of rotatable bonds is 6. The molecule has 12 heteroatoms. The number of para-hydroxylation sites is 1. The molecule has 0 fully saturated rings. The smallest absolute Gasteiger partial charge is 0.467 e. The van der Waals surface area contributed by atoms with Gasteiger partial charge < -0.3 is 9.47 Å². The monoisotopic (exact) mass is 378 g/mol. The highest BCUT2D eigenvalue weighted by atomic mass is 32.2. The number of methoxy groups -OCH3 is 2. The van der Waals surface area contributed by atoms with Gasteiger partial charge in [-0.3, -0.25) is 4.72 Å². The number of ether oxygens (including phenoxy) is 2. The Hall–Kier alpha value is -2.63. The summed E-state index contributed by atoms with van der Waals surface area (Å²) < 4.78 is 71.6. The van der Waals surface area contributed by atoms with E-state index < -0.39 is 15.5 Å². The Morgan fingerprint density at radius 2 is 1.60 bits per heavy atom. The van der Waals surface area contributed by atoms with Crippen LogP contribution in [0.4, 0.5) is 18.9 Å². The van der Waals surface area contributed by atoms with E-state index in [4.69, 9.17) is 9.47 Å². The number of aromatic nitrogens is 3. The minimum Gasteiger partial charge on any atom is -0.467 e. The summed E-state index contributed by atoms with van der Waals surface area (Å²) in [4.78, 5) is 11.7. The minimum absolute atomic E-state index is 0.0461. The lowest BCUT2D eigenvalue weighted by molar-refractivity contribution is -0.0429. The molecule has 25 heavy (non-hydrogen) atoms. The van der Waals surface area contributed by atoms with Crippen LogP contribution < -0.4 is 14.2 Å². The van der Waals surface area contributed by atoms with Gasteiger partial charge in [-0.15, -0.1) is 4.98 Å². The Bertz CT molecular complexity index is 836. The number of alkyl halides is 3. The zero-order chi connectivity index (χ0) is 18.7. The van der Waals surface area contributed by atoms with Crippen molar-refractivity contribution in [2.75, 3.05) is 18.9 Å². The van der Waals surface area contributed by atoms with Crippen molar-refractivity contribution in [2.45, 2.75) is 11.9 Å². The molecule has 0 aliphatic rings. The average Bonchev–Trinajstić information content (AvgIpc) is 2.55. The SMILES string of the molecule is COc1nc(Cc2ccccc2NS(=O)(=O)C(F)(F)F)nc(OC)n1. The Labute approximate surface area is 141 Å². The molecule has 1 aromatic carbocycles. The van der Waals surface area contributed by atoms with Gasteiger partial charge in [0.05, 0.1) is 19.9 Å². The predicted molar refractivity (Wildman–Crippen MR) is 80.8 cm³/mol. The number of halogens is 3. The number of hydrogen-bond donors (Lipinski definition) is 1. The normalized spacial score (nSPS) is 11.9. The van der Waals surface area contributed by atoms with Crippen molar-refractivity contribution in [3.05, 3.63) is 35.7 Å². The molecule has 0 spiro atoms. The first-order chi connectivity index (χ1) is 11.7. The lowest BCUT2D eigenvalue weighted by atomic mass is 10.1. The second kappa shape index (κ2) is 7.09. The maximum Gasteiger partial charge on any atom is 0.516 e. The van der Waals surface area contributed by atoms with E-state index >= 15 is 0 Å². The number of benzene rings is 1. The zero-order valence-electron chi connectivity index (χ0n) is 13.0. The first-order valence-electron chi connectivity index (χ1n) is 6.66. The highest BCUT2D eigenvalue weighted by Gasteiger charge is 2.46. The molecule has 0 aliphatic carbocycles. The average molecular weight is 378 g/mol. The van der Waals surface area contributed by atoms with Crippen LogP contribution >= 0.6 is 0 Å². The molecule has 0 radical (unpaired) electrons. The van der Waals surface area contributed by atoms with Gasteiger partial charge in [0.25, 0.3) is 0 Å². The first kappa shape index (κ1) is 18.7. The van der Waals surface area contributed by atoms with E-state index in [1.54, 1.807) is 0 Å². The van der Waals surface area contributed by atoms with Crippen LogP contribution in [-0.4, -0.2) is 43.1 Å². The molecule has 0 atom stereocenters. The summed E-state index contributed by atoms with van der Waals surface area (Å²) in [7, 11) is -2.90. The summed E-state index contributed by atoms with van der Waals surface area (Å²) in [5, 5.41) is 0. The molecule has 0 saturated carbocycles. The first-order valence-corrected chi connectivity index (χ1v) is 8.14. The number of hydrogen-bond acceptors (Lipinski definition) is 7. The highest BCUT2D eigenvalue weighted by Crippen LogP contribution is 2.27. The molecule has 2 aromatic rings. The van der Waals surface area contributed by atoms with Crippen molar-refractivity contribution in [1.82, 2.24) is 15.0 Å². The van der Waals surface area contributed by atoms with Crippen molar-refractivity contribution in [1.29, 1.82) is 0 Å². The third-order valence-corrected chi connectivity index (χ3v) is 4.02. The van der Waals surface area contributed by atoms with Gasteiger partial charge in [0.15, 0.2) is 0 Å². The Morgan fingerprint density at radius 3 is 2.12 bits per heavy atom. The van der Waals surface area contributed by atoms with Gasteiger partial charge >= 0.3 is 27.6 Å². The van der Waals surface area contributed by atoms with E-state index in [1.807, 2.05) is 0 Å². The van der Waals surface area contributed by atoms with E-state index in [1.165, 1.54) is 43.2 Å². The maximum absolute atomic E-state index is 12.6. The highest BCUT2D eigenvalue weighted by molar-refractivity contribution is 7.93. The van der Waals surface area contributed by atoms with Crippen LogP contribution in [0.2, 0.25) is 0 Å². The fourth-order valence-corrected chi connectivity index (χ4v) is 2.39. The van der Waals surface area contributed by atoms with Crippen LogP contribution in [0.25, 0.3) is 0 Å². The Kier molecular flexibility index (Phi) is 5.30. The molecular weight excluding hydrogens is 365 g/mol. The number of nitrogens with one attached hydrogen (secondary N) is 1. The molecule has 0 aliphatic heterocycles. The molecule has 1 N–H and O–H groups in total. The minimum atomic E-state index is -5.54. The standard InChI is InChI=1S/C13H13F3N4O4S/c1-23-11-17-10(18-12(19-11)24-2)7-8-5-3-4-6-9(8)20-25(21,22)13(14,15)16/h3-6,20H,7H2,1-2H3. The van der Waals surface area contributed by atoms with Crippen LogP contribution in [-0.2, 0) is 16.4 Å². The Morgan fingerprint density at radius 1 is 1.04 bits per heavy atom. The fourth-order valence-electron chi connectivity index (χ4n) is 1.79. The largest absolute Gasteiger partial charge is 0.516 e. The van der Waals surface area contributed by atoms with Gasteiger partial charge in [0.2, 0.25) is 0 Å². The molecule has 0 unspecified atom stereocenters. The van der Waals surface area contributed by atoms with Crippen LogP contribution in [0.5, 0.6) is 12.0 Å². The van der Waals surface area contributed by atoms with Gasteiger partial charge in [-0.2, -0.15) is 31.6 Å². The van der Waals surface area contributed by atoms with Crippen molar-refractivity contribution in [2.24, 2.45) is 0 Å². The van der Waals surface area contributed by atoms with Crippen molar-refractivity contribution in [3.63, 3.8) is 0 Å². The molecular formula is C13H13F3N4O4S. The number of anilines is 1. The van der Waals surface area contributed by atoms with Gasteiger partial charge in [0.1, 0.15) is 5.82 Å². The van der Waals surface area contributed by atoms with E-state index in [-0.39, 0.29) is 35.5 Å². The van der Waals surface area contributed by atoms with Crippen LogP contribution in [0.1, 0.15) is 11.4 Å². The lowest BCUT2D eigenvalue weighted by Crippen LogP contribution is -2.30. The van der Waals surface area contributed by atoms with Gasteiger partial charge in [-0.25, -0.2) is 0 Å². The maximum atomic E-state index is 12.6. The second-order valence-corrected chi connectivity index (χ2v) is 6.28. The summed E-state index contributed by atoms with van der Waals surface area (Å²) >= 11 is 0. The van der Waals surface area contributed by atoms with Crippen LogP contribution in [0.15, 0.2) is 24.3 Å². The van der Waals surface area contributed by atoms with Crippen LogP contribution in [0.3, 0.4) is 0 Å². The molecule has 1 heterocycles. The summed E-state index contributed by atoms with van der Waals surface area (Å²) in [6, 6.07) is 5.49.